The van der Waals surface area contributed by atoms with Crippen LogP contribution in [0.15, 0.2) is 46.9 Å². The number of fused-ring (bicyclic) bond motifs is 3. The first-order valence-corrected chi connectivity index (χ1v) is 10.1. The highest BCUT2D eigenvalue weighted by Crippen LogP contribution is 2.31. The molecule has 0 saturated carbocycles. The standard InChI is InChI=1S/C24H23N3O2/c1-14-15(2)29-24(25-14)16-7-5-8-17(13-16)26-23(28)20-11-6-10-19-18-9-3-4-12-21(18)27-22(19)20/h5-8,10-11,13,27H,3-4,9,12H2,1-2H3,(H,26,28). The zero-order valence-corrected chi connectivity index (χ0v) is 16.6. The van der Waals surface area contributed by atoms with Gasteiger partial charge in [0.15, 0.2) is 0 Å². The smallest absolute Gasteiger partial charge is 0.257 e. The number of oxazole rings is 1. The van der Waals surface area contributed by atoms with Gasteiger partial charge in [0.05, 0.1) is 16.8 Å². The minimum absolute atomic E-state index is 0.119. The number of aryl methyl sites for hydroxylation is 4. The Morgan fingerprint density at radius 2 is 1.93 bits per heavy atom. The highest BCUT2D eigenvalue weighted by Gasteiger charge is 2.19. The second-order valence-corrected chi connectivity index (χ2v) is 7.71. The molecule has 5 rings (SSSR count). The predicted molar refractivity (Wildman–Crippen MR) is 114 cm³/mol. The SMILES string of the molecule is Cc1nc(-c2cccc(NC(=O)c3cccc4c5c([nH]c34)CCCC5)c2)oc1C. The predicted octanol–water partition coefficient (Wildman–Crippen LogP) is 5.57. The van der Waals surface area contributed by atoms with Crippen LogP contribution in [0.4, 0.5) is 5.69 Å². The fourth-order valence-electron chi connectivity index (χ4n) is 4.14. The molecule has 29 heavy (non-hydrogen) atoms. The molecule has 2 heterocycles. The van der Waals surface area contributed by atoms with Gasteiger partial charge < -0.3 is 14.7 Å². The van der Waals surface area contributed by atoms with Crippen LogP contribution < -0.4 is 5.32 Å². The highest BCUT2D eigenvalue weighted by atomic mass is 16.4. The van der Waals surface area contributed by atoms with Crippen LogP contribution in [0.5, 0.6) is 0 Å². The Bertz CT molecular complexity index is 1210. The number of nitrogens with zero attached hydrogens (tertiary/aromatic N) is 1. The van der Waals surface area contributed by atoms with Crippen LogP contribution in [0.25, 0.3) is 22.4 Å². The fourth-order valence-corrected chi connectivity index (χ4v) is 4.14. The van der Waals surface area contributed by atoms with Crippen LogP contribution in [0.1, 0.15) is 45.9 Å². The highest BCUT2D eigenvalue weighted by molar-refractivity contribution is 6.12. The molecule has 0 fully saturated rings. The molecule has 0 atom stereocenters. The molecule has 0 saturated heterocycles. The van der Waals surface area contributed by atoms with Gasteiger partial charge in [-0.1, -0.05) is 18.2 Å². The lowest BCUT2D eigenvalue weighted by Gasteiger charge is -2.10. The fraction of sp³-hybridized carbons (Fsp3) is 0.250. The lowest BCUT2D eigenvalue weighted by molar-refractivity contribution is 0.102. The Balaban J connectivity index is 1.47. The molecule has 2 aromatic heterocycles. The average molecular weight is 385 g/mol. The molecule has 0 spiro atoms. The lowest BCUT2D eigenvalue weighted by atomic mass is 9.95. The molecular weight excluding hydrogens is 362 g/mol. The number of aromatic amines is 1. The van der Waals surface area contributed by atoms with Crippen molar-refractivity contribution in [3.63, 3.8) is 0 Å². The van der Waals surface area contributed by atoms with Crippen LogP contribution in [0, 0.1) is 13.8 Å². The largest absolute Gasteiger partial charge is 0.441 e. The number of carbonyl (C=O) groups excluding carboxylic acids is 1. The van der Waals surface area contributed by atoms with Gasteiger partial charge in [0.1, 0.15) is 5.76 Å². The van der Waals surface area contributed by atoms with Crippen molar-refractivity contribution < 1.29 is 9.21 Å². The van der Waals surface area contributed by atoms with Crippen LogP contribution in [0.2, 0.25) is 0 Å². The number of hydrogen-bond acceptors (Lipinski definition) is 3. The monoisotopic (exact) mass is 385 g/mol. The zero-order valence-electron chi connectivity index (χ0n) is 16.6. The van der Waals surface area contributed by atoms with E-state index in [2.05, 4.69) is 21.4 Å². The third-order valence-corrected chi connectivity index (χ3v) is 5.77. The summed E-state index contributed by atoms with van der Waals surface area (Å²) in [7, 11) is 0. The molecule has 1 aliphatic rings. The maximum absolute atomic E-state index is 13.1. The topological polar surface area (TPSA) is 70.9 Å². The van der Waals surface area contributed by atoms with Gasteiger partial charge in [0, 0.05) is 22.3 Å². The number of carbonyl (C=O) groups is 1. The first-order chi connectivity index (χ1) is 14.1. The average Bonchev–Trinajstić information content (AvgIpc) is 3.28. The van der Waals surface area contributed by atoms with Crippen LogP contribution in [0.3, 0.4) is 0 Å². The number of benzene rings is 2. The Morgan fingerprint density at radius 3 is 2.76 bits per heavy atom. The molecule has 1 amide bonds. The van der Waals surface area contributed by atoms with Gasteiger partial charge in [-0.05, 0) is 69.4 Å². The van der Waals surface area contributed by atoms with E-state index in [1.165, 1.54) is 29.5 Å². The van der Waals surface area contributed by atoms with Crippen molar-refractivity contribution in [2.75, 3.05) is 5.32 Å². The maximum atomic E-state index is 13.1. The molecule has 0 unspecified atom stereocenters. The van der Waals surface area contributed by atoms with E-state index in [4.69, 9.17) is 4.42 Å². The van der Waals surface area contributed by atoms with E-state index in [0.29, 0.717) is 17.1 Å². The second-order valence-electron chi connectivity index (χ2n) is 7.71. The summed E-state index contributed by atoms with van der Waals surface area (Å²) < 4.78 is 5.72. The summed E-state index contributed by atoms with van der Waals surface area (Å²) in [5, 5.41) is 4.21. The summed E-state index contributed by atoms with van der Waals surface area (Å²) in [5.74, 6) is 1.25. The summed E-state index contributed by atoms with van der Waals surface area (Å²) in [6.45, 7) is 3.82. The van der Waals surface area contributed by atoms with E-state index < -0.39 is 0 Å². The summed E-state index contributed by atoms with van der Waals surface area (Å²) in [4.78, 5) is 21.0. The Kier molecular flexibility index (Phi) is 4.23. The Morgan fingerprint density at radius 1 is 1.10 bits per heavy atom. The third kappa shape index (κ3) is 3.12. The first-order valence-electron chi connectivity index (χ1n) is 10.1. The van der Waals surface area contributed by atoms with Gasteiger partial charge in [0.2, 0.25) is 5.89 Å². The number of aromatic nitrogens is 2. The van der Waals surface area contributed by atoms with Crippen LogP contribution in [-0.2, 0) is 12.8 Å². The van der Waals surface area contributed by atoms with Crippen molar-refractivity contribution in [3.05, 3.63) is 70.7 Å². The second kappa shape index (κ2) is 6.92. The Labute approximate surface area is 169 Å². The molecule has 2 N–H and O–H groups in total. The van der Waals surface area contributed by atoms with E-state index in [1.54, 1.807) is 0 Å². The number of hydrogen-bond donors (Lipinski definition) is 2. The quantitative estimate of drug-likeness (QED) is 0.484. The number of anilines is 1. The van der Waals surface area contributed by atoms with Crippen molar-refractivity contribution >= 4 is 22.5 Å². The number of rotatable bonds is 3. The van der Waals surface area contributed by atoms with E-state index in [1.807, 2.05) is 50.2 Å². The van der Waals surface area contributed by atoms with E-state index in [-0.39, 0.29) is 5.91 Å². The molecule has 0 radical (unpaired) electrons. The van der Waals surface area contributed by atoms with Crippen molar-refractivity contribution in [1.82, 2.24) is 9.97 Å². The molecule has 5 heteroatoms. The number of amides is 1. The summed E-state index contributed by atoms with van der Waals surface area (Å²) >= 11 is 0. The molecule has 0 bridgehead atoms. The lowest BCUT2D eigenvalue weighted by Crippen LogP contribution is -2.12. The first kappa shape index (κ1) is 17.7. The number of para-hydroxylation sites is 1. The van der Waals surface area contributed by atoms with Crippen molar-refractivity contribution in [2.45, 2.75) is 39.5 Å². The van der Waals surface area contributed by atoms with Crippen LogP contribution >= 0.6 is 0 Å². The molecule has 1 aliphatic carbocycles. The molecular formula is C24H23N3O2. The summed E-state index contributed by atoms with van der Waals surface area (Å²) in [6.07, 6.45) is 4.55. The number of nitrogens with one attached hydrogen (secondary N) is 2. The van der Waals surface area contributed by atoms with E-state index in [0.717, 1.165) is 35.4 Å². The van der Waals surface area contributed by atoms with Gasteiger partial charge in [-0.15, -0.1) is 0 Å². The molecule has 2 aromatic carbocycles. The molecule has 5 nitrogen and oxygen atoms in total. The molecule has 0 aliphatic heterocycles. The minimum atomic E-state index is -0.119. The van der Waals surface area contributed by atoms with Crippen molar-refractivity contribution in [3.8, 4) is 11.5 Å². The summed E-state index contributed by atoms with van der Waals surface area (Å²) in [6, 6.07) is 13.6. The zero-order chi connectivity index (χ0) is 20.0. The van der Waals surface area contributed by atoms with E-state index in [9.17, 15) is 4.79 Å². The minimum Gasteiger partial charge on any atom is -0.441 e. The van der Waals surface area contributed by atoms with Gasteiger partial charge in [-0.25, -0.2) is 4.98 Å². The van der Waals surface area contributed by atoms with E-state index >= 15 is 0 Å². The normalized spacial score (nSPS) is 13.4. The number of H-pyrrole nitrogens is 1. The molecule has 146 valence electrons. The maximum Gasteiger partial charge on any atom is 0.257 e. The summed E-state index contributed by atoms with van der Waals surface area (Å²) in [5.41, 5.74) is 6.69. The van der Waals surface area contributed by atoms with Crippen LogP contribution in [-0.4, -0.2) is 15.9 Å². The third-order valence-electron chi connectivity index (χ3n) is 5.77. The molecule has 4 aromatic rings. The van der Waals surface area contributed by atoms with Gasteiger partial charge >= 0.3 is 0 Å². The Hall–Kier alpha value is -3.34. The van der Waals surface area contributed by atoms with Gasteiger partial charge in [0.25, 0.3) is 5.91 Å². The van der Waals surface area contributed by atoms with Gasteiger partial charge in [-0.3, -0.25) is 4.79 Å². The van der Waals surface area contributed by atoms with Gasteiger partial charge in [-0.2, -0.15) is 0 Å². The van der Waals surface area contributed by atoms with Crippen molar-refractivity contribution in [2.24, 2.45) is 0 Å². The van der Waals surface area contributed by atoms with Crippen molar-refractivity contribution in [1.29, 1.82) is 0 Å².